The van der Waals surface area contributed by atoms with Gasteiger partial charge in [-0.3, -0.25) is 0 Å². The Labute approximate surface area is 81.7 Å². The van der Waals surface area contributed by atoms with Gasteiger partial charge < -0.3 is 5.11 Å². The van der Waals surface area contributed by atoms with E-state index in [9.17, 15) is 0 Å². The molecule has 0 atom stereocenters. The highest BCUT2D eigenvalue weighted by atomic mass is 35.5. The summed E-state index contributed by atoms with van der Waals surface area (Å²) in [5.74, 6) is 0.143. The minimum Gasteiger partial charge on any atom is -0.506 e. The van der Waals surface area contributed by atoms with E-state index in [1.54, 1.807) is 23.9 Å². The maximum Gasteiger partial charge on any atom is 0.134 e. The van der Waals surface area contributed by atoms with Crippen molar-refractivity contribution in [2.24, 2.45) is 0 Å². The van der Waals surface area contributed by atoms with Crippen LogP contribution in [0.4, 0.5) is 0 Å². The van der Waals surface area contributed by atoms with Crippen molar-refractivity contribution in [1.29, 1.82) is 0 Å². The van der Waals surface area contributed by atoms with Crippen LogP contribution in [0.3, 0.4) is 0 Å². The summed E-state index contributed by atoms with van der Waals surface area (Å²) in [4.78, 5) is 1.09. The topological polar surface area (TPSA) is 20.2 Å². The highest BCUT2D eigenvalue weighted by Crippen LogP contribution is 2.30. The zero-order valence-electron chi connectivity index (χ0n) is 7.04. The molecule has 0 heterocycles. The van der Waals surface area contributed by atoms with E-state index in [1.807, 2.05) is 6.07 Å². The number of halogens is 1. The van der Waals surface area contributed by atoms with Gasteiger partial charge in [-0.1, -0.05) is 25.4 Å². The number of hydrogen-bond acceptors (Lipinski definition) is 2. The molecule has 0 aliphatic carbocycles. The standard InChI is InChI=1S/C9H11ClOS/c1-6(2)12-7-3-4-9(11)8(10)5-7/h3-6,11H,1-2H3. The van der Waals surface area contributed by atoms with E-state index in [2.05, 4.69) is 13.8 Å². The summed E-state index contributed by atoms with van der Waals surface area (Å²) in [6.45, 7) is 4.23. The van der Waals surface area contributed by atoms with Crippen molar-refractivity contribution >= 4 is 23.4 Å². The number of phenols is 1. The van der Waals surface area contributed by atoms with Gasteiger partial charge >= 0.3 is 0 Å². The van der Waals surface area contributed by atoms with Gasteiger partial charge in [0, 0.05) is 10.1 Å². The van der Waals surface area contributed by atoms with Crippen LogP contribution in [0.25, 0.3) is 0 Å². The fraction of sp³-hybridized carbons (Fsp3) is 0.333. The van der Waals surface area contributed by atoms with Gasteiger partial charge in [0.05, 0.1) is 5.02 Å². The molecule has 0 aliphatic rings. The molecule has 0 saturated heterocycles. The molecule has 0 fully saturated rings. The number of phenolic OH excluding ortho intramolecular Hbond substituents is 1. The summed E-state index contributed by atoms with van der Waals surface area (Å²) >= 11 is 7.46. The third kappa shape index (κ3) is 2.61. The number of benzene rings is 1. The maximum atomic E-state index is 9.14. The Morgan fingerprint density at radius 3 is 2.58 bits per heavy atom. The van der Waals surface area contributed by atoms with Gasteiger partial charge in [-0.15, -0.1) is 11.8 Å². The molecule has 1 nitrogen and oxygen atoms in total. The fourth-order valence-corrected chi connectivity index (χ4v) is 1.96. The summed E-state index contributed by atoms with van der Waals surface area (Å²) in [6, 6.07) is 5.26. The minimum atomic E-state index is 0.143. The fourth-order valence-electron chi connectivity index (χ4n) is 0.833. The molecule has 1 aromatic carbocycles. The Hall–Kier alpha value is -0.340. The number of aromatic hydroxyl groups is 1. The lowest BCUT2D eigenvalue weighted by atomic mass is 10.3. The third-order valence-corrected chi connectivity index (χ3v) is 2.59. The van der Waals surface area contributed by atoms with Crippen LogP contribution in [0.5, 0.6) is 5.75 Å². The second kappa shape index (κ2) is 4.06. The van der Waals surface area contributed by atoms with Crippen molar-refractivity contribution in [2.45, 2.75) is 24.0 Å². The Morgan fingerprint density at radius 2 is 2.08 bits per heavy atom. The summed E-state index contributed by atoms with van der Waals surface area (Å²) in [5.41, 5.74) is 0. The van der Waals surface area contributed by atoms with E-state index < -0.39 is 0 Å². The molecule has 1 aromatic rings. The summed E-state index contributed by atoms with van der Waals surface area (Å²) in [5, 5.41) is 10.1. The molecule has 0 bridgehead atoms. The van der Waals surface area contributed by atoms with E-state index in [-0.39, 0.29) is 5.75 Å². The molecule has 0 aliphatic heterocycles. The molecular formula is C9H11ClOS. The third-order valence-electron chi connectivity index (χ3n) is 1.29. The SMILES string of the molecule is CC(C)Sc1ccc(O)c(Cl)c1. The smallest absolute Gasteiger partial charge is 0.134 e. The average Bonchev–Trinajstić information content (AvgIpc) is 1.96. The molecule has 0 spiro atoms. The first-order valence-corrected chi connectivity index (χ1v) is 5.00. The van der Waals surface area contributed by atoms with Crippen molar-refractivity contribution in [1.82, 2.24) is 0 Å². The van der Waals surface area contributed by atoms with Gasteiger partial charge in [0.15, 0.2) is 0 Å². The van der Waals surface area contributed by atoms with Crippen LogP contribution in [0.1, 0.15) is 13.8 Å². The number of rotatable bonds is 2. The van der Waals surface area contributed by atoms with E-state index in [0.717, 1.165) is 4.90 Å². The van der Waals surface area contributed by atoms with Crippen LogP contribution in [0.15, 0.2) is 23.1 Å². The molecule has 3 heteroatoms. The first-order valence-electron chi connectivity index (χ1n) is 3.75. The van der Waals surface area contributed by atoms with Crippen LogP contribution in [-0.2, 0) is 0 Å². The first-order chi connectivity index (χ1) is 5.59. The lowest BCUT2D eigenvalue weighted by Crippen LogP contribution is -1.85. The Morgan fingerprint density at radius 1 is 1.42 bits per heavy atom. The van der Waals surface area contributed by atoms with Crippen molar-refractivity contribution in [3.8, 4) is 5.75 Å². The van der Waals surface area contributed by atoms with Gasteiger partial charge in [0.2, 0.25) is 0 Å². The van der Waals surface area contributed by atoms with E-state index in [0.29, 0.717) is 10.3 Å². The number of hydrogen-bond donors (Lipinski definition) is 1. The highest BCUT2D eigenvalue weighted by Gasteiger charge is 2.01. The Bertz CT molecular complexity index is 273. The molecule has 0 aromatic heterocycles. The van der Waals surface area contributed by atoms with Gasteiger partial charge in [-0.2, -0.15) is 0 Å². The summed E-state index contributed by atoms with van der Waals surface area (Å²) in [7, 11) is 0. The predicted octanol–water partition coefficient (Wildman–Crippen LogP) is 3.55. The van der Waals surface area contributed by atoms with Gasteiger partial charge in [0.25, 0.3) is 0 Å². The molecule has 12 heavy (non-hydrogen) atoms. The van der Waals surface area contributed by atoms with E-state index in [1.165, 1.54) is 0 Å². The second-order valence-corrected chi connectivity index (χ2v) is 4.84. The van der Waals surface area contributed by atoms with Crippen LogP contribution < -0.4 is 0 Å². The molecule has 1 rings (SSSR count). The van der Waals surface area contributed by atoms with Crippen LogP contribution in [-0.4, -0.2) is 10.4 Å². The Balaban J connectivity index is 2.82. The lowest BCUT2D eigenvalue weighted by molar-refractivity contribution is 0.475. The molecule has 0 radical (unpaired) electrons. The van der Waals surface area contributed by atoms with Gasteiger partial charge in [-0.25, -0.2) is 0 Å². The molecule has 0 saturated carbocycles. The van der Waals surface area contributed by atoms with E-state index >= 15 is 0 Å². The van der Waals surface area contributed by atoms with Gasteiger partial charge in [0.1, 0.15) is 5.75 Å². The molecule has 0 amide bonds. The first kappa shape index (κ1) is 9.75. The van der Waals surface area contributed by atoms with Crippen molar-refractivity contribution in [3.05, 3.63) is 23.2 Å². The molecule has 1 N–H and O–H groups in total. The summed E-state index contributed by atoms with van der Waals surface area (Å²) < 4.78 is 0. The van der Waals surface area contributed by atoms with Crippen molar-refractivity contribution in [2.75, 3.05) is 0 Å². The monoisotopic (exact) mass is 202 g/mol. The highest BCUT2D eigenvalue weighted by molar-refractivity contribution is 7.99. The number of thioether (sulfide) groups is 1. The quantitative estimate of drug-likeness (QED) is 0.741. The van der Waals surface area contributed by atoms with E-state index in [4.69, 9.17) is 16.7 Å². The van der Waals surface area contributed by atoms with Crippen LogP contribution in [0, 0.1) is 0 Å². The molecule has 66 valence electrons. The summed E-state index contributed by atoms with van der Waals surface area (Å²) in [6.07, 6.45) is 0. The van der Waals surface area contributed by atoms with Crippen molar-refractivity contribution in [3.63, 3.8) is 0 Å². The zero-order chi connectivity index (χ0) is 9.14. The largest absolute Gasteiger partial charge is 0.506 e. The van der Waals surface area contributed by atoms with Gasteiger partial charge in [-0.05, 0) is 18.2 Å². The lowest BCUT2D eigenvalue weighted by Gasteiger charge is -2.05. The van der Waals surface area contributed by atoms with Crippen LogP contribution >= 0.6 is 23.4 Å². The maximum absolute atomic E-state index is 9.14. The second-order valence-electron chi connectivity index (χ2n) is 2.78. The average molecular weight is 203 g/mol. The minimum absolute atomic E-state index is 0.143. The predicted molar refractivity (Wildman–Crippen MR) is 54.1 cm³/mol. The normalized spacial score (nSPS) is 10.7. The van der Waals surface area contributed by atoms with Crippen molar-refractivity contribution < 1.29 is 5.11 Å². The molecular weight excluding hydrogens is 192 g/mol. The zero-order valence-corrected chi connectivity index (χ0v) is 8.62. The Kier molecular flexibility index (Phi) is 3.29. The molecule has 0 unspecified atom stereocenters. The van der Waals surface area contributed by atoms with Crippen LogP contribution in [0.2, 0.25) is 5.02 Å².